The molecule has 0 saturated heterocycles. The Morgan fingerprint density at radius 2 is 1.81 bits per heavy atom. The van der Waals surface area contributed by atoms with Crippen LogP contribution in [0.4, 0.5) is 0 Å². The van der Waals surface area contributed by atoms with Crippen LogP contribution in [0.3, 0.4) is 0 Å². The molecule has 110 valence electrons. The van der Waals surface area contributed by atoms with Crippen LogP contribution in [0.5, 0.6) is 5.75 Å². The summed E-state index contributed by atoms with van der Waals surface area (Å²) in [5, 5.41) is 9.27. The number of carbonyl (C=O) groups excluding carboxylic acids is 1. The highest BCUT2D eigenvalue weighted by Gasteiger charge is 2.20. The molecule has 0 fully saturated rings. The molecule has 0 radical (unpaired) electrons. The molecule has 21 heavy (non-hydrogen) atoms. The first kappa shape index (κ1) is 14.6. The van der Waals surface area contributed by atoms with Crippen molar-refractivity contribution in [3.63, 3.8) is 0 Å². The molecular weight excluding hydrogens is 274 g/mol. The number of carbonyl (C=O) groups is 1. The summed E-state index contributed by atoms with van der Waals surface area (Å²) in [7, 11) is 1.57. The average Bonchev–Trinajstić information content (AvgIpc) is 2.44. The summed E-state index contributed by atoms with van der Waals surface area (Å²) in [6.45, 7) is 1.80. The molecule has 1 aromatic heterocycles. The van der Waals surface area contributed by atoms with Gasteiger partial charge in [-0.2, -0.15) is 0 Å². The van der Waals surface area contributed by atoms with Gasteiger partial charge in [0.15, 0.2) is 0 Å². The van der Waals surface area contributed by atoms with Crippen molar-refractivity contribution in [2.24, 2.45) is 0 Å². The Hall–Kier alpha value is -2.83. The van der Waals surface area contributed by atoms with Crippen molar-refractivity contribution in [1.29, 1.82) is 0 Å². The quantitative estimate of drug-likeness (QED) is 0.769. The van der Waals surface area contributed by atoms with Gasteiger partial charge in [-0.05, 0) is 24.6 Å². The molecule has 1 heterocycles. The third-order valence-electron chi connectivity index (χ3n) is 3.27. The van der Waals surface area contributed by atoms with Gasteiger partial charge in [0.1, 0.15) is 11.4 Å². The molecular formula is C14H15N3O4. The molecule has 7 nitrogen and oxygen atoms in total. The number of hydrogen-bond donors (Lipinski definition) is 3. The van der Waals surface area contributed by atoms with Crippen molar-refractivity contribution in [2.75, 3.05) is 7.05 Å². The summed E-state index contributed by atoms with van der Waals surface area (Å²) < 4.78 is 0. The Bertz CT molecular complexity index is 733. The van der Waals surface area contributed by atoms with E-state index in [0.717, 1.165) is 11.6 Å². The van der Waals surface area contributed by atoms with E-state index in [9.17, 15) is 19.5 Å². The lowest BCUT2D eigenvalue weighted by atomic mass is 10.1. The highest BCUT2D eigenvalue weighted by atomic mass is 16.3. The third-order valence-corrected chi connectivity index (χ3v) is 3.27. The number of aromatic nitrogens is 2. The molecule has 0 aliphatic carbocycles. The number of amides is 1. The van der Waals surface area contributed by atoms with E-state index < -0.39 is 17.2 Å². The zero-order valence-corrected chi connectivity index (χ0v) is 11.6. The zero-order chi connectivity index (χ0) is 15.6. The number of aromatic amines is 2. The van der Waals surface area contributed by atoms with E-state index in [-0.39, 0.29) is 17.5 Å². The Kier molecular flexibility index (Phi) is 3.93. The van der Waals surface area contributed by atoms with Crippen molar-refractivity contribution in [3.8, 4) is 5.75 Å². The molecule has 0 aliphatic heterocycles. The second-order valence-electron chi connectivity index (χ2n) is 4.68. The second kappa shape index (κ2) is 5.66. The largest absolute Gasteiger partial charge is 0.508 e. The van der Waals surface area contributed by atoms with Gasteiger partial charge in [-0.15, -0.1) is 0 Å². The van der Waals surface area contributed by atoms with Crippen molar-refractivity contribution < 1.29 is 9.90 Å². The SMILES string of the molecule is CC(c1ccc(O)cc1)N(C)C(=O)c1cc(=O)[nH]c(=O)[nH]1. The van der Waals surface area contributed by atoms with E-state index in [0.29, 0.717) is 0 Å². The topological polar surface area (TPSA) is 106 Å². The molecule has 0 bridgehead atoms. The number of nitrogens with zero attached hydrogens (tertiary/aromatic N) is 1. The van der Waals surface area contributed by atoms with Gasteiger partial charge in [0.05, 0.1) is 6.04 Å². The number of nitrogens with one attached hydrogen (secondary N) is 2. The highest BCUT2D eigenvalue weighted by molar-refractivity contribution is 5.92. The fourth-order valence-corrected chi connectivity index (χ4v) is 1.93. The van der Waals surface area contributed by atoms with Gasteiger partial charge < -0.3 is 15.0 Å². The van der Waals surface area contributed by atoms with Gasteiger partial charge in [-0.25, -0.2) is 4.79 Å². The molecule has 1 aromatic carbocycles. The molecule has 3 N–H and O–H groups in total. The summed E-state index contributed by atoms with van der Waals surface area (Å²) in [6, 6.07) is 7.21. The molecule has 7 heteroatoms. The lowest BCUT2D eigenvalue weighted by Crippen LogP contribution is -2.34. The minimum absolute atomic E-state index is 0.0723. The normalized spacial score (nSPS) is 11.9. The highest BCUT2D eigenvalue weighted by Crippen LogP contribution is 2.21. The third kappa shape index (κ3) is 3.19. The number of hydrogen-bond acceptors (Lipinski definition) is 4. The molecule has 1 atom stereocenters. The van der Waals surface area contributed by atoms with Crippen molar-refractivity contribution in [3.05, 3.63) is 62.4 Å². The first-order valence-corrected chi connectivity index (χ1v) is 6.28. The predicted octanol–water partition coefficient (Wildman–Crippen LogP) is 0.602. The number of H-pyrrole nitrogens is 2. The van der Waals surface area contributed by atoms with Gasteiger partial charge in [0, 0.05) is 13.1 Å². The molecule has 0 saturated carbocycles. The first-order valence-electron chi connectivity index (χ1n) is 6.28. The van der Waals surface area contributed by atoms with Crippen LogP contribution >= 0.6 is 0 Å². The fourth-order valence-electron chi connectivity index (χ4n) is 1.93. The molecule has 0 spiro atoms. The van der Waals surface area contributed by atoms with E-state index in [2.05, 4.69) is 4.98 Å². The van der Waals surface area contributed by atoms with Crippen molar-refractivity contribution in [2.45, 2.75) is 13.0 Å². The number of aromatic hydroxyl groups is 1. The predicted molar refractivity (Wildman–Crippen MR) is 76.3 cm³/mol. The lowest BCUT2D eigenvalue weighted by Gasteiger charge is -2.25. The van der Waals surface area contributed by atoms with Crippen molar-refractivity contribution in [1.82, 2.24) is 14.9 Å². The molecule has 1 unspecified atom stereocenters. The first-order chi connectivity index (χ1) is 9.88. The zero-order valence-electron chi connectivity index (χ0n) is 11.6. The van der Waals surface area contributed by atoms with E-state index >= 15 is 0 Å². The lowest BCUT2D eigenvalue weighted by molar-refractivity contribution is 0.0736. The molecule has 1 amide bonds. The maximum atomic E-state index is 12.3. The van der Waals surface area contributed by atoms with Crippen LogP contribution in [0.15, 0.2) is 39.9 Å². The van der Waals surface area contributed by atoms with Gasteiger partial charge in [-0.3, -0.25) is 14.6 Å². The van der Waals surface area contributed by atoms with Crippen LogP contribution in [0.2, 0.25) is 0 Å². The fraction of sp³-hybridized carbons (Fsp3) is 0.214. The van der Waals surface area contributed by atoms with Crippen LogP contribution in [0.25, 0.3) is 0 Å². The number of phenolic OH excluding ortho intramolecular Hbond substituents is 1. The average molecular weight is 289 g/mol. The van der Waals surface area contributed by atoms with Gasteiger partial charge in [-0.1, -0.05) is 12.1 Å². The Labute approximate surface area is 119 Å². The maximum absolute atomic E-state index is 12.3. The molecule has 0 aliphatic rings. The van der Waals surface area contributed by atoms with Crippen molar-refractivity contribution >= 4 is 5.91 Å². The standard InChI is InChI=1S/C14H15N3O4/c1-8(9-3-5-10(18)6-4-9)17(2)13(20)11-7-12(19)16-14(21)15-11/h3-8,18H,1-2H3,(H2,15,16,19,21). The molecule has 2 aromatic rings. The summed E-state index contributed by atoms with van der Waals surface area (Å²) in [4.78, 5) is 40.4. The van der Waals surface area contributed by atoms with Crippen LogP contribution in [-0.4, -0.2) is 32.9 Å². The van der Waals surface area contributed by atoms with E-state index in [4.69, 9.17) is 0 Å². The second-order valence-corrected chi connectivity index (χ2v) is 4.68. The minimum Gasteiger partial charge on any atom is -0.508 e. The smallest absolute Gasteiger partial charge is 0.326 e. The van der Waals surface area contributed by atoms with Crippen LogP contribution in [0.1, 0.15) is 29.0 Å². The van der Waals surface area contributed by atoms with Gasteiger partial charge in [0.2, 0.25) is 0 Å². The number of phenols is 1. The Morgan fingerprint density at radius 1 is 1.19 bits per heavy atom. The summed E-state index contributed by atoms with van der Waals surface area (Å²) in [6.07, 6.45) is 0. The van der Waals surface area contributed by atoms with Crippen LogP contribution in [-0.2, 0) is 0 Å². The van der Waals surface area contributed by atoms with Gasteiger partial charge in [0.25, 0.3) is 11.5 Å². The van der Waals surface area contributed by atoms with Crippen LogP contribution < -0.4 is 11.2 Å². The summed E-state index contributed by atoms with van der Waals surface area (Å²) >= 11 is 0. The minimum atomic E-state index is -0.725. The van der Waals surface area contributed by atoms with E-state index in [1.165, 1.54) is 17.0 Å². The van der Waals surface area contributed by atoms with Crippen LogP contribution in [0, 0.1) is 0 Å². The van der Waals surface area contributed by atoms with E-state index in [1.807, 2.05) is 4.98 Å². The maximum Gasteiger partial charge on any atom is 0.326 e. The number of rotatable bonds is 3. The molecule has 2 rings (SSSR count). The number of benzene rings is 1. The summed E-state index contributed by atoms with van der Waals surface area (Å²) in [5.74, 6) is -0.336. The summed E-state index contributed by atoms with van der Waals surface area (Å²) in [5.41, 5.74) is -0.614. The Balaban J connectivity index is 2.28. The monoisotopic (exact) mass is 289 g/mol. The Morgan fingerprint density at radius 3 is 2.38 bits per heavy atom. The van der Waals surface area contributed by atoms with Gasteiger partial charge >= 0.3 is 5.69 Å². The van der Waals surface area contributed by atoms with E-state index in [1.54, 1.807) is 26.1 Å².